The van der Waals surface area contributed by atoms with Gasteiger partial charge in [-0.15, -0.1) is 0 Å². The van der Waals surface area contributed by atoms with E-state index >= 15 is 0 Å². The van der Waals surface area contributed by atoms with E-state index in [9.17, 15) is 4.79 Å². The molecule has 0 spiro atoms. The molecule has 0 amide bonds. The summed E-state index contributed by atoms with van der Waals surface area (Å²) in [7, 11) is 0. The van der Waals surface area contributed by atoms with Gasteiger partial charge >= 0.3 is 0 Å². The molecule has 0 aromatic carbocycles. The van der Waals surface area contributed by atoms with Crippen LogP contribution in [0.5, 0.6) is 0 Å². The van der Waals surface area contributed by atoms with E-state index in [0.717, 1.165) is 18.8 Å². The number of rotatable bonds is 3. The van der Waals surface area contributed by atoms with E-state index in [0.29, 0.717) is 11.8 Å². The Morgan fingerprint density at radius 2 is 2.00 bits per heavy atom. The molecule has 0 aliphatic heterocycles. The molecule has 0 aromatic rings. The molecule has 0 bridgehead atoms. The third kappa shape index (κ3) is 5.29. The molecule has 0 saturated heterocycles. The van der Waals surface area contributed by atoms with Crippen molar-refractivity contribution in [2.24, 2.45) is 11.3 Å². The van der Waals surface area contributed by atoms with Crippen LogP contribution in [0.1, 0.15) is 53.4 Å². The second-order valence-electron chi connectivity index (χ2n) is 6.18. The van der Waals surface area contributed by atoms with Crippen LogP contribution in [0, 0.1) is 11.3 Å². The van der Waals surface area contributed by atoms with E-state index in [1.165, 1.54) is 12.0 Å². The Balaban J connectivity index is 2.41. The number of carbonyl (C=O) groups is 1. The first kappa shape index (κ1) is 13.2. The maximum Gasteiger partial charge on any atom is 0.156 e. The van der Waals surface area contributed by atoms with Gasteiger partial charge in [-0.25, -0.2) is 0 Å². The summed E-state index contributed by atoms with van der Waals surface area (Å²) in [5.74, 6) is 0.985. The summed E-state index contributed by atoms with van der Waals surface area (Å²) < 4.78 is 0. The molecular formula is C15H24O. The smallest absolute Gasteiger partial charge is 0.156 e. The first-order valence-electron chi connectivity index (χ1n) is 6.27. The van der Waals surface area contributed by atoms with Crippen LogP contribution < -0.4 is 0 Å². The van der Waals surface area contributed by atoms with Gasteiger partial charge in [-0.05, 0) is 36.7 Å². The molecule has 16 heavy (non-hydrogen) atoms. The van der Waals surface area contributed by atoms with E-state index in [4.69, 9.17) is 0 Å². The Kier molecular flexibility index (Phi) is 4.52. The Hall–Kier alpha value is -0.850. The average Bonchev–Trinajstić information content (AvgIpc) is 2.14. The summed E-state index contributed by atoms with van der Waals surface area (Å²) in [6, 6.07) is 0. The van der Waals surface area contributed by atoms with E-state index < -0.39 is 0 Å². The van der Waals surface area contributed by atoms with E-state index in [1.807, 2.05) is 6.08 Å². The molecule has 1 rings (SSSR count). The second kappa shape index (κ2) is 5.47. The van der Waals surface area contributed by atoms with Crippen LogP contribution in [0.15, 0.2) is 23.8 Å². The normalized spacial score (nSPS) is 21.5. The van der Waals surface area contributed by atoms with Crippen molar-refractivity contribution in [3.8, 4) is 0 Å². The first-order valence-corrected chi connectivity index (χ1v) is 6.27. The van der Waals surface area contributed by atoms with Crippen LogP contribution in [-0.2, 0) is 4.79 Å². The zero-order valence-electron chi connectivity index (χ0n) is 11.0. The minimum Gasteiger partial charge on any atom is -0.295 e. The molecule has 0 radical (unpaired) electrons. The molecule has 0 heterocycles. The lowest BCUT2D eigenvalue weighted by Gasteiger charge is -2.22. The van der Waals surface area contributed by atoms with E-state index in [2.05, 4.69) is 33.8 Å². The van der Waals surface area contributed by atoms with Crippen molar-refractivity contribution in [2.75, 3.05) is 0 Å². The summed E-state index contributed by atoms with van der Waals surface area (Å²) in [5, 5.41) is 0. The predicted octanol–water partition coefficient (Wildman–Crippen LogP) is 4.29. The number of hydrogen-bond donors (Lipinski definition) is 0. The van der Waals surface area contributed by atoms with Crippen molar-refractivity contribution >= 4 is 5.78 Å². The van der Waals surface area contributed by atoms with Crippen LogP contribution in [0.3, 0.4) is 0 Å². The van der Waals surface area contributed by atoms with Gasteiger partial charge in [-0.2, -0.15) is 0 Å². The third-order valence-electron chi connectivity index (χ3n) is 2.89. The van der Waals surface area contributed by atoms with Crippen LogP contribution in [0.2, 0.25) is 0 Å². The fourth-order valence-corrected chi connectivity index (χ4v) is 2.29. The average molecular weight is 220 g/mol. The molecular weight excluding hydrogens is 196 g/mol. The zero-order valence-corrected chi connectivity index (χ0v) is 11.0. The highest BCUT2D eigenvalue weighted by Crippen LogP contribution is 2.27. The highest BCUT2D eigenvalue weighted by atomic mass is 16.1. The van der Waals surface area contributed by atoms with Crippen LogP contribution in [0.4, 0.5) is 0 Å². The van der Waals surface area contributed by atoms with Crippen molar-refractivity contribution in [3.05, 3.63) is 23.8 Å². The lowest BCUT2D eigenvalue weighted by atomic mass is 9.83. The Labute approximate surface area is 99.6 Å². The van der Waals surface area contributed by atoms with Gasteiger partial charge in [-0.3, -0.25) is 4.79 Å². The van der Waals surface area contributed by atoms with Gasteiger partial charge in [0.2, 0.25) is 0 Å². The Bertz CT molecular complexity index is 302. The maximum atomic E-state index is 11.0. The van der Waals surface area contributed by atoms with Crippen LogP contribution in [-0.4, -0.2) is 5.78 Å². The molecule has 0 fully saturated rings. The molecule has 1 atom stereocenters. The lowest BCUT2D eigenvalue weighted by Crippen LogP contribution is -2.10. The first-order chi connectivity index (χ1) is 7.37. The molecule has 0 aromatic heterocycles. The number of carbonyl (C=O) groups excluding carboxylic acids is 1. The molecule has 1 aliphatic carbocycles. The lowest BCUT2D eigenvalue weighted by molar-refractivity contribution is -0.114. The second-order valence-corrected chi connectivity index (χ2v) is 6.18. The fourth-order valence-electron chi connectivity index (χ4n) is 2.29. The number of ketones is 1. The number of hydrogen-bond acceptors (Lipinski definition) is 1. The molecule has 0 saturated carbocycles. The summed E-state index contributed by atoms with van der Waals surface area (Å²) in [4.78, 5) is 11.0. The van der Waals surface area contributed by atoms with Crippen molar-refractivity contribution in [2.45, 2.75) is 53.4 Å². The largest absolute Gasteiger partial charge is 0.295 e. The molecule has 90 valence electrons. The fraction of sp³-hybridized carbons (Fsp3) is 0.667. The quantitative estimate of drug-likeness (QED) is 0.693. The van der Waals surface area contributed by atoms with Gasteiger partial charge in [0.15, 0.2) is 5.78 Å². The topological polar surface area (TPSA) is 17.1 Å². The maximum absolute atomic E-state index is 11.0. The van der Waals surface area contributed by atoms with Gasteiger partial charge in [0.05, 0.1) is 0 Å². The van der Waals surface area contributed by atoms with Crippen molar-refractivity contribution in [1.82, 2.24) is 0 Å². The van der Waals surface area contributed by atoms with Gasteiger partial charge in [0.1, 0.15) is 0 Å². The molecule has 1 unspecified atom stereocenters. The van der Waals surface area contributed by atoms with Gasteiger partial charge in [0, 0.05) is 6.42 Å². The third-order valence-corrected chi connectivity index (χ3v) is 2.89. The van der Waals surface area contributed by atoms with Crippen molar-refractivity contribution < 1.29 is 4.79 Å². The van der Waals surface area contributed by atoms with Crippen LogP contribution >= 0.6 is 0 Å². The van der Waals surface area contributed by atoms with Crippen molar-refractivity contribution in [1.29, 1.82) is 0 Å². The Morgan fingerprint density at radius 1 is 1.31 bits per heavy atom. The summed E-state index contributed by atoms with van der Waals surface area (Å²) >= 11 is 0. The number of allylic oxidation sites excluding steroid dienone is 4. The standard InChI is InChI=1S/C15H24O/c1-12(11-15(2,3)4)5-6-13-7-9-14(16)10-8-13/h6-7,9,12H,5,8,10-11H2,1-4H3/b13-6-. The minimum atomic E-state index is 0.264. The summed E-state index contributed by atoms with van der Waals surface area (Å²) in [6.07, 6.45) is 10.00. The zero-order chi connectivity index (χ0) is 12.2. The highest BCUT2D eigenvalue weighted by molar-refractivity contribution is 5.91. The van der Waals surface area contributed by atoms with Gasteiger partial charge in [0.25, 0.3) is 0 Å². The molecule has 0 N–H and O–H groups in total. The van der Waals surface area contributed by atoms with Gasteiger partial charge < -0.3 is 0 Å². The predicted molar refractivity (Wildman–Crippen MR) is 69.3 cm³/mol. The van der Waals surface area contributed by atoms with E-state index in [-0.39, 0.29) is 5.78 Å². The molecule has 1 aliphatic rings. The van der Waals surface area contributed by atoms with E-state index in [1.54, 1.807) is 6.08 Å². The summed E-state index contributed by atoms with van der Waals surface area (Å²) in [6.45, 7) is 9.17. The van der Waals surface area contributed by atoms with Gasteiger partial charge in [-0.1, -0.05) is 45.4 Å². The molecule has 1 heteroatoms. The monoisotopic (exact) mass is 220 g/mol. The van der Waals surface area contributed by atoms with Crippen LogP contribution in [0.25, 0.3) is 0 Å². The Morgan fingerprint density at radius 3 is 2.50 bits per heavy atom. The minimum absolute atomic E-state index is 0.264. The molecule has 1 nitrogen and oxygen atoms in total. The highest BCUT2D eigenvalue weighted by Gasteiger charge is 2.14. The van der Waals surface area contributed by atoms with Crippen molar-refractivity contribution in [3.63, 3.8) is 0 Å². The summed E-state index contributed by atoms with van der Waals surface area (Å²) in [5.41, 5.74) is 1.75. The SMILES string of the molecule is CC(C/C=C1/C=CC(=O)CC1)CC(C)(C)C.